The number of hydrogen-bond donors (Lipinski definition) is 1. The molecule has 4 rings (SSSR count). The Morgan fingerprint density at radius 3 is 2.27 bits per heavy atom. The predicted octanol–water partition coefficient (Wildman–Crippen LogP) is 3.66. The third-order valence-corrected chi connectivity index (χ3v) is 6.85. The summed E-state index contributed by atoms with van der Waals surface area (Å²) in [6, 6.07) is 8.04. The number of anilines is 2. The molecular weight excluding hydrogens is 378 g/mol. The van der Waals surface area contributed by atoms with E-state index >= 15 is 0 Å². The van der Waals surface area contributed by atoms with Crippen LogP contribution in [0.5, 0.6) is 0 Å². The van der Waals surface area contributed by atoms with Gasteiger partial charge in [-0.3, -0.25) is 9.69 Å². The fourth-order valence-corrected chi connectivity index (χ4v) is 4.86. The lowest BCUT2D eigenvalue weighted by molar-refractivity contribution is -0.122. The highest BCUT2D eigenvalue weighted by Crippen LogP contribution is 2.25. The fraction of sp³-hybridized carbons (Fsp3) is 0.708. The topological polar surface area (TPSA) is 54.0 Å². The Kier molecular flexibility index (Phi) is 7.63. The molecule has 0 radical (unpaired) electrons. The van der Waals surface area contributed by atoms with Gasteiger partial charge in [0, 0.05) is 37.6 Å². The van der Waals surface area contributed by atoms with Crippen LogP contribution in [0.2, 0.25) is 0 Å². The molecule has 6 heteroatoms. The maximum atomic E-state index is 12.8. The summed E-state index contributed by atoms with van der Waals surface area (Å²) in [6.45, 7) is 7.27. The molecule has 2 aliphatic heterocycles. The lowest BCUT2D eigenvalue weighted by Gasteiger charge is -2.37. The van der Waals surface area contributed by atoms with Crippen molar-refractivity contribution in [2.45, 2.75) is 70.1 Å². The van der Waals surface area contributed by atoms with Gasteiger partial charge in [-0.25, -0.2) is 0 Å². The van der Waals surface area contributed by atoms with Crippen LogP contribution in [0.1, 0.15) is 51.9 Å². The minimum atomic E-state index is -0.125. The third kappa shape index (κ3) is 5.74. The van der Waals surface area contributed by atoms with Gasteiger partial charge in [-0.1, -0.05) is 19.3 Å². The van der Waals surface area contributed by atoms with Crippen molar-refractivity contribution in [3.05, 3.63) is 24.3 Å². The molecule has 1 aromatic carbocycles. The number of benzene rings is 1. The summed E-state index contributed by atoms with van der Waals surface area (Å²) in [5, 5.41) is 3.09. The van der Waals surface area contributed by atoms with Crippen molar-refractivity contribution in [3.8, 4) is 0 Å². The molecule has 2 heterocycles. The number of piperidine rings is 1. The monoisotopic (exact) mass is 415 g/mol. The van der Waals surface area contributed by atoms with E-state index in [9.17, 15) is 4.79 Å². The highest BCUT2D eigenvalue weighted by Gasteiger charge is 2.28. The van der Waals surface area contributed by atoms with Crippen molar-refractivity contribution in [2.75, 3.05) is 49.6 Å². The van der Waals surface area contributed by atoms with Gasteiger partial charge in [-0.05, 0) is 56.9 Å². The van der Waals surface area contributed by atoms with Crippen molar-refractivity contribution in [1.29, 1.82) is 0 Å². The molecule has 0 spiro atoms. The van der Waals surface area contributed by atoms with E-state index in [4.69, 9.17) is 9.47 Å². The molecule has 2 saturated heterocycles. The molecular formula is C24H37N3O3. The van der Waals surface area contributed by atoms with E-state index < -0.39 is 0 Å². The highest BCUT2D eigenvalue weighted by atomic mass is 16.5. The van der Waals surface area contributed by atoms with Gasteiger partial charge in [0.25, 0.3) is 0 Å². The maximum Gasteiger partial charge on any atom is 0.241 e. The van der Waals surface area contributed by atoms with E-state index in [1.807, 2.05) is 19.1 Å². The Hall–Kier alpha value is -1.63. The molecule has 1 aliphatic carbocycles. The number of ether oxygens (including phenoxy) is 2. The summed E-state index contributed by atoms with van der Waals surface area (Å²) in [5.74, 6) is 0.0702. The largest absolute Gasteiger partial charge is 0.378 e. The number of likely N-dealkylation sites (tertiary alicyclic amines) is 1. The average molecular weight is 416 g/mol. The number of nitrogens with zero attached hydrogens (tertiary/aromatic N) is 2. The Bertz CT molecular complexity index is 661. The predicted molar refractivity (Wildman–Crippen MR) is 120 cm³/mol. The first-order chi connectivity index (χ1) is 14.7. The number of carbonyl (C=O) groups is 1. The SMILES string of the molecule is CC(C(=O)Nc1ccc(N2CCOCC2)cc1)N1CCC(OC2CCCCC2)CC1. The zero-order valence-corrected chi connectivity index (χ0v) is 18.4. The average Bonchev–Trinajstić information content (AvgIpc) is 2.81. The molecule has 0 aromatic heterocycles. The molecule has 30 heavy (non-hydrogen) atoms. The second kappa shape index (κ2) is 10.6. The number of morpholine rings is 1. The highest BCUT2D eigenvalue weighted by molar-refractivity contribution is 5.94. The molecule has 1 N–H and O–H groups in total. The summed E-state index contributed by atoms with van der Waals surface area (Å²) in [5.41, 5.74) is 2.05. The standard InChI is InChI=1S/C24H37N3O3/c1-19(26-13-11-23(12-14-26)30-22-5-3-2-4-6-22)24(28)25-20-7-9-21(10-8-20)27-15-17-29-18-16-27/h7-10,19,22-23H,2-6,11-18H2,1H3,(H,25,28). The van der Waals surface area contributed by atoms with Crippen molar-refractivity contribution in [2.24, 2.45) is 0 Å². The van der Waals surface area contributed by atoms with Crippen LogP contribution in [0.25, 0.3) is 0 Å². The summed E-state index contributed by atoms with van der Waals surface area (Å²) in [4.78, 5) is 17.4. The normalized spacial score (nSPS) is 23.3. The van der Waals surface area contributed by atoms with E-state index in [1.54, 1.807) is 0 Å². The number of rotatable bonds is 6. The van der Waals surface area contributed by atoms with E-state index in [-0.39, 0.29) is 11.9 Å². The summed E-state index contributed by atoms with van der Waals surface area (Å²) >= 11 is 0. The second-order valence-electron chi connectivity index (χ2n) is 8.94. The van der Waals surface area contributed by atoms with Gasteiger partial charge in [0.05, 0.1) is 31.5 Å². The first kappa shape index (κ1) is 21.6. The van der Waals surface area contributed by atoms with Crippen molar-refractivity contribution in [3.63, 3.8) is 0 Å². The van der Waals surface area contributed by atoms with Crippen LogP contribution in [-0.2, 0) is 14.3 Å². The van der Waals surface area contributed by atoms with Gasteiger partial charge in [0.15, 0.2) is 0 Å². The quantitative estimate of drug-likeness (QED) is 0.768. The summed E-state index contributed by atoms with van der Waals surface area (Å²) in [7, 11) is 0. The Morgan fingerprint density at radius 1 is 0.967 bits per heavy atom. The van der Waals surface area contributed by atoms with Crippen molar-refractivity contribution >= 4 is 17.3 Å². The van der Waals surface area contributed by atoms with Crippen LogP contribution in [0.4, 0.5) is 11.4 Å². The smallest absolute Gasteiger partial charge is 0.241 e. The molecule has 3 aliphatic rings. The van der Waals surface area contributed by atoms with E-state index in [0.29, 0.717) is 12.2 Å². The van der Waals surface area contributed by atoms with Crippen LogP contribution in [0.3, 0.4) is 0 Å². The van der Waals surface area contributed by atoms with E-state index in [0.717, 1.165) is 57.9 Å². The van der Waals surface area contributed by atoms with Crippen LogP contribution in [0, 0.1) is 0 Å². The molecule has 0 bridgehead atoms. The molecule has 166 valence electrons. The first-order valence-electron chi connectivity index (χ1n) is 11.8. The first-order valence-corrected chi connectivity index (χ1v) is 11.8. The molecule has 1 amide bonds. The van der Waals surface area contributed by atoms with Crippen LogP contribution in [-0.4, -0.2) is 68.4 Å². The van der Waals surface area contributed by atoms with Crippen LogP contribution < -0.4 is 10.2 Å². The maximum absolute atomic E-state index is 12.8. The molecule has 1 atom stereocenters. The zero-order valence-electron chi connectivity index (χ0n) is 18.4. The number of carbonyl (C=O) groups excluding carboxylic acids is 1. The zero-order chi connectivity index (χ0) is 20.8. The Balaban J connectivity index is 1.22. The molecule has 1 unspecified atom stereocenters. The van der Waals surface area contributed by atoms with Gasteiger partial charge in [0.2, 0.25) is 5.91 Å². The van der Waals surface area contributed by atoms with Crippen LogP contribution in [0.15, 0.2) is 24.3 Å². The van der Waals surface area contributed by atoms with Crippen LogP contribution >= 0.6 is 0 Å². The van der Waals surface area contributed by atoms with Crippen molar-refractivity contribution in [1.82, 2.24) is 4.90 Å². The third-order valence-electron chi connectivity index (χ3n) is 6.85. The Morgan fingerprint density at radius 2 is 1.60 bits per heavy atom. The van der Waals surface area contributed by atoms with Gasteiger partial charge in [0.1, 0.15) is 0 Å². The number of nitrogens with one attached hydrogen (secondary N) is 1. The van der Waals surface area contributed by atoms with E-state index in [2.05, 4.69) is 27.2 Å². The summed E-state index contributed by atoms with van der Waals surface area (Å²) in [6.07, 6.45) is 9.34. The van der Waals surface area contributed by atoms with Crippen molar-refractivity contribution < 1.29 is 14.3 Å². The van der Waals surface area contributed by atoms with Gasteiger partial charge >= 0.3 is 0 Å². The van der Waals surface area contributed by atoms with Gasteiger partial charge < -0.3 is 19.7 Å². The van der Waals surface area contributed by atoms with Gasteiger partial charge in [-0.2, -0.15) is 0 Å². The minimum absolute atomic E-state index is 0.0702. The lowest BCUT2D eigenvalue weighted by atomic mass is 9.97. The fourth-order valence-electron chi connectivity index (χ4n) is 4.86. The van der Waals surface area contributed by atoms with E-state index in [1.165, 1.54) is 37.8 Å². The Labute approximate surface area is 180 Å². The molecule has 3 fully saturated rings. The second-order valence-corrected chi connectivity index (χ2v) is 8.94. The van der Waals surface area contributed by atoms with Gasteiger partial charge in [-0.15, -0.1) is 0 Å². The lowest BCUT2D eigenvalue weighted by Crippen LogP contribution is -2.47. The number of amides is 1. The molecule has 1 saturated carbocycles. The molecule has 6 nitrogen and oxygen atoms in total. The minimum Gasteiger partial charge on any atom is -0.378 e. The molecule has 1 aromatic rings. The summed E-state index contributed by atoms with van der Waals surface area (Å²) < 4.78 is 11.8. The number of hydrogen-bond acceptors (Lipinski definition) is 5.